The van der Waals surface area contributed by atoms with Gasteiger partial charge in [-0.3, -0.25) is 14.9 Å². The number of rotatable bonds is 9. The molecule has 11 heteroatoms. The van der Waals surface area contributed by atoms with Gasteiger partial charge >= 0.3 is 6.18 Å². The Balaban J connectivity index is 1.55. The molecule has 1 aliphatic heterocycles. The average Bonchev–Trinajstić information content (AvgIpc) is 2.91. The zero-order chi connectivity index (χ0) is 27.9. The Morgan fingerprint density at radius 1 is 1.18 bits per heavy atom. The Hall–Kier alpha value is -3.50. The van der Waals surface area contributed by atoms with E-state index >= 15 is 0 Å². The normalized spacial score (nSPS) is 21.2. The molecule has 0 spiro atoms. The van der Waals surface area contributed by atoms with Crippen LogP contribution in [0.2, 0.25) is 0 Å². The van der Waals surface area contributed by atoms with Gasteiger partial charge in [-0.05, 0) is 56.9 Å². The lowest BCUT2D eigenvalue weighted by molar-refractivity contribution is -0.388. The van der Waals surface area contributed by atoms with E-state index in [9.17, 15) is 28.1 Å². The van der Waals surface area contributed by atoms with E-state index in [0.717, 1.165) is 30.9 Å². The molecule has 0 unspecified atom stereocenters. The lowest BCUT2D eigenvalue weighted by atomic mass is 9.92. The Morgan fingerprint density at radius 3 is 2.34 bits per heavy atom. The van der Waals surface area contributed by atoms with Crippen LogP contribution in [0.5, 0.6) is 0 Å². The molecule has 2 fully saturated rings. The van der Waals surface area contributed by atoms with Gasteiger partial charge in [0, 0.05) is 62.2 Å². The zero-order valence-corrected chi connectivity index (χ0v) is 21.8. The molecule has 0 radical (unpaired) electrons. The van der Waals surface area contributed by atoms with Gasteiger partial charge in [-0.15, -0.1) is 0 Å². The Morgan fingerprint density at radius 2 is 1.82 bits per heavy atom. The number of nitro groups is 1. The predicted molar refractivity (Wildman–Crippen MR) is 139 cm³/mol. The SMILES string of the molecule is C=C/C(=C\C(=C/C)O[C@H]1CC[C@H](Nc2ccc([N+](=O)[O-])c(C(F)(F)F)c2)CC1)N1CCN(C(=O)CC)CC1. The van der Waals surface area contributed by atoms with Crippen LogP contribution in [-0.4, -0.2) is 59.0 Å². The third-order valence-corrected chi connectivity index (χ3v) is 6.93. The van der Waals surface area contributed by atoms with Gasteiger partial charge in [-0.25, -0.2) is 0 Å². The number of carbonyl (C=O) groups excluding carboxylic acids is 1. The molecule has 1 aromatic rings. The third kappa shape index (κ3) is 7.52. The monoisotopic (exact) mass is 536 g/mol. The standard InChI is InChI=1S/C27H35F3N4O4/c1-4-21(32-13-15-33(16-14-32)26(35)6-3)18-22(5-2)38-23-10-7-19(8-11-23)31-20-9-12-25(34(36)37)24(17-20)27(28,29)30/h4-5,9,12,17-19,23,31H,1,6-8,10-11,13-16H2,2-3H3/b21-18+,22-5+/t19-,23-. The number of hydrogen-bond donors (Lipinski definition) is 1. The molecule has 3 rings (SSSR count). The van der Waals surface area contributed by atoms with Gasteiger partial charge in [0.1, 0.15) is 11.3 Å². The van der Waals surface area contributed by atoms with Crippen LogP contribution in [0.15, 0.2) is 54.5 Å². The molecule has 1 saturated carbocycles. The van der Waals surface area contributed by atoms with Crippen LogP contribution in [0, 0.1) is 10.1 Å². The molecular formula is C27H35F3N4O4. The molecule has 38 heavy (non-hydrogen) atoms. The largest absolute Gasteiger partial charge is 0.491 e. The van der Waals surface area contributed by atoms with E-state index in [-0.39, 0.29) is 23.7 Å². The minimum atomic E-state index is -4.81. The van der Waals surface area contributed by atoms with Crippen molar-refractivity contribution in [3.05, 3.63) is 70.1 Å². The van der Waals surface area contributed by atoms with E-state index in [4.69, 9.17) is 4.74 Å². The fourth-order valence-electron chi connectivity index (χ4n) is 4.81. The summed E-state index contributed by atoms with van der Waals surface area (Å²) in [5.41, 5.74) is -1.08. The van der Waals surface area contributed by atoms with Gasteiger partial charge in [0.05, 0.1) is 11.0 Å². The van der Waals surface area contributed by atoms with Gasteiger partial charge in [-0.1, -0.05) is 13.5 Å². The minimum Gasteiger partial charge on any atom is -0.491 e. The Bertz CT molecular complexity index is 1070. The third-order valence-electron chi connectivity index (χ3n) is 6.93. The second-order valence-electron chi connectivity index (χ2n) is 9.41. The number of allylic oxidation sites excluding steroid dienone is 3. The molecule has 1 amide bonds. The zero-order valence-electron chi connectivity index (χ0n) is 21.8. The highest BCUT2D eigenvalue weighted by Gasteiger charge is 2.38. The van der Waals surface area contributed by atoms with E-state index < -0.39 is 22.4 Å². The van der Waals surface area contributed by atoms with Crippen molar-refractivity contribution in [1.29, 1.82) is 0 Å². The van der Waals surface area contributed by atoms with Crippen LogP contribution in [-0.2, 0) is 15.7 Å². The first-order valence-electron chi connectivity index (χ1n) is 12.9. The number of benzene rings is 1. The molecule has 8 nitrogen and oxygen atoms in total. The van der Waals surface area contributed by atoms with Gasteiger partial charge in [0.2, 0.25) is 5.91 Å². The fourth-order valence-corrected chi connectivity index (χ4v) is 4.81. The summed E-state index contributed by atoms with van der Waals surface area (Å²) in [6.45, 7) is 10.5. The second-order valence-corrected chi connectivity index (χ2v) is 9.41. The highest BCUT2D eigenvalue weighted by Crippen LogP contribution is 2.38. The molecule has 0 aromatic heterocycles. The van der Waals surface area contributed by atoms with E-state index in [0.29, 0.717) is 51.0 Å². The quantitative estimate of drug-likeness (QED) is 0.184. The first-order valence-corrected chi connectivity index (χ1v) is 12.9. The van der Waals surface area contributed by atoms with Crippen LogP contribution >= 0.6 is 0 Å². The van der Waals surface area contributed by atoms with Gasteiger partial charge in [0.15, 0.2) is 0 Å². The number of nitrogens with one attached hydrogen (secondary N) is 1. The van der Waals surface area contributed by atoms with Crippen LogP contribution in [0.1, 0.15) is 51.5 Å². The molecule has 1 saturated heterocycles. The number of anilines is 1. The number of hydrogen-bond acceptors (Lipinski definition) is 6. The van der Waals surface area contributed by atoms with Crippen molar-refractivity contribution in [2.75, 3.05) is 31.5 Å². The molecular weight excluding hydrogens is 501 g/mol. The van der Waals surface area contributed by atoms with Gasteiger partial charge < -0.3 is 19.9 Å². The first kappa shape index (κ1) is 29.1. The Kier molecular flexibility index (Phi) is 9.82. The van der Waals surface area contributed by atoms with Crippen molar-refractivity contribution < 1.29 is 27.6 Å². The summed E-state index contributed by atoms with van der Waals surface area (Å²) in [7, 11) is 0. The summed E-state index contributed by atoms with van der Waals surface area (Å²) in [4.78, 5) is 26.0. The highest BCUT2D eigenvalue weighted by atomic mass is 19.4. The number of amides is 1. The number of piperazine rings is 1. The number of ether oxygens (including phenoxy) is 1. The maximum absolute atomic E-state index is 13.3. The van der Waals surface area contributed by atoms with Gasteiger partial charge in [0.25, 0.3) is 5.69 Å². The Labute approximate surface area is 221 Å². The molecule has 1 N–H and O–H groups in total. The van der Waals surface area contributed by atoms with E-state index in [1.807, 2.05) is 30.9 Å². The lowest BCUT2D eigenvalue weighted by Crippen LogP contribution is -2.47. The average molecular weight is 537 g/mol. The number of nitro benzene ring substituents is 1. The smallest absolute Gasteiger partial charge is 0.423 e. The molecule has 1 aromatic carbocycles. The molecule has 2 aliphatic rings. The summed E-state index contributed by atoms with van der Waals surface area (Å²) in [6, 6.07) is 2.95. The van der Waals surface area contributed by atoms with Crippen LogP contribution in [0.4, 0.5) is 24.5 Å². The lowest BCUT2D eigenvalue weighted by Gasteiger charge is -2.37. The first-order chi connectivity index (χ1) is 18.0. The van der Waals surface area contributed by atoms with Crippen molar-refractivity contribution in [3.63, 3.8) is 0 Å². The molecule has 0 atom stereocenters. The number of alkyl halides is 3. The van der Waals surface area contributed by atoms with Crippen molar-refractivity contribution in [2.24, 2.45) is 0 Å². The topological polar surface area (TPSA) is 87.9 Å². The van der Waals surface area contributed by atoms with Crippen molar-refractivity contribution in [3.8, 4) is 0 Å². The summed E-state index contributed by atoms with van der Waals surface area (Å²) in [5, 5.41) is 14.1. The number of nitrogens with zero attached hydrogens (tertiary/aromatic N) is 3. The summed E-state index contributed by atoms with van der Waals surface area (Å²) in [6.07, 6.45) is 4.06. The highest BCUT2D eigenvalue weighted by molar-refractivity contribution is 5.75. The van der Waals surface area contributed by atoms with E-state index in [1.165, 1.54) is 6.07 Å². The molecule has 0 bridgehead atoms. The van der Waals surface area contributed by atoms with Crippen molar-refractivity contribution in [1.82, 2.24) is 9.80 Å². The molecule has 208 valence electrons. The van der Waals surface area contributed by atoms with E-state index in [1.54, 1.807) is 6.08 Å². The number of halogens is 3. The maximum Gasteiger partial charge on any atom is 0.423 e. The molecule has 1 heterocycles. The maximum atomic E-state index is 13.3. The predicted octanol–water partition coefficient (Wildman–Crippen LogP) is 5.88. The van der Waals surface area contributed by atoms with E-state index in [2.05, 4.69) is 16.8 Å². The van der Waals surface area contributed by atoms with Crippen molar-refractivity contribution >= 4 is 17.3 Å². The summed E-state index contributed by atoms with van der Waals surface area (Å²) >= 11 is 0. The minimum absolute atomic E-state index is 0.0387. The van der Waals surface area contributed by atoms with Crippen molar-refractivity contribution in [2.45, 2.75) is 64.3 Å². The summed E-state index contributed by atoms with van der Waals surface area (Å²) < 4.78 is 46.1. The number of carbonyl (C=O) groups is 1. The van der Waals surface area contributed by atoms with Crippen LogP contribution in [0.3, 0.4) is 0 Å². The van der Waals surface area contributed by atoms with Crippen LogP contribution < -0.4 is 5.32 Å². The van der Waals surface area contributed by atoms with Crippen LogP contribution in [0.25, 0.3) is 0 Å². The second kappa shape index (κ2) is 12.8. The van der Waals surface area contributed by atoms with Gasteiger partial charge in [-0.2, -0.15) is 13.2 Å². The summed E-state index contributed by atoms with van der Waals surface area (Å²) in [5.74, 6) is 0.874. The molecule has 1 aliphatic carbocycles. The fraction of sp³-hybridized carbons (Fsp3) is 0.519.